The van der Waals surface area contributed by atoms with Crippen LogP contribution in [0.15, 0.2) is 66.7 Å². The molecule has 6 nitrogen and oxygen atoms in total. The fourth-order valence-electron chi connectivity index (χ4n) is 3.94. The van der Waals surface area contributed by atoms with Crippen molar-refractivity contribution in [2.75, 3.05) is 35.0 Å². The molecule has 0 saturated carbocycles. The van der Waals surface area contributed by atoms with Crippen molar-refractivity contribution in [1.29, 1.82) is 0 Å². The fraction of sp³-hybridized carbons (Fsp3) is 0.296. The molecule has 174 valence electrons. The first kappa shape index (κ1) is 24.0. The van der Waals surface area contributed by atoms with Gasteiger partial charge in [-0.2, -0.15) is 0 Å². The molecule has 0 amide bonds. The number of benzene rings is 3. The van der Waals surface area contributed by atoms with E-state index in [2.05, 4.69) is 0 Å². The zero-order chi connectivity index (χ0) is 23.8. The third-order valence-electron chi connectivity index (χ3n) is 5.59. The first-order valence-corrected chi connectivity index (χ1v) is 10.7. The van der Waals surface area contributed by atoms with Crippen molar-refractivity contribution in [2.45, 2.75) is 18.8 Å². The van der Waals surface area contributed by atoms with Gasteiger partial charge < -0.3 is 23.7 Å². The highest BCUT2D eigenvalue weighted by molar-refractivity contribution is 5.81. The molecule has 0 saturated heterocycles. The second-order valence-corrected chi connectivity index (χ2v) is 7.37. The summed E-state index contributed by atoms with van der Waals surface area (Å²) in [7, 11) is 6.41. The van der Waals surface area contributed by atoms with Crippen LogP contribution in [-0.4, -0.2) is 41.0 Å². The molecule has 0 radical (unpaired) electrons. The number of hydrogen-bond donors (Lipinski definition) is 0. The molecule has 0 fully saturated rings. The van der Waals surface area contributed by atoms with Crippen LogP contribution in [0.4, 0.5) is 0 Å². The predicted molar refractivity (Wildman–Crippen MR) is 127 cm³/mol. The molecule has 0 bridgehead atoms. The van der Waals surface area contributed by atoms with E-state index in [-0.39, 0.29) is 18.5 Å². The number of hydrogen-bond acceptors (Lipinski definition) is 6. The molecule has 0 aromatic heterocycles. The van der Waals surface area contributed by atoms with Gasteiger partial charge >= 0.3 is 5.97 Å². The van der Waals surface area contributed by atoms with E-state index in [1.165, 1.54) is 0 Å². The standard InChI is InChI=1S/C27H30O6/c1-6-33-27(28)26(20-11-16-23(31-4)24(17-20)32-5)25(18-7-12-21(29-2)13-8-18)19-9-14-22(30-3)15-10-19/h7-17,25-26H,6H2,1-5H3. The minimum absolute atomic E-state index is 0.278. The van der Waals surface area contributed by atoms with Crippen LogP contribution in [0.25, 0.3) is 0 Å². The average Bonchev–Trinajstić information content (AvgIpc) is 2.87. The Morgan fingerprint density at radius 1 is 0.667 bits per heavy atom. The third-order valence-corrected chi connectivity index (χ3v) is 5.59. The summed E-state index contributed by atoms with van der Waals surface area (Å²) in [6.07, 6.45) is 0. The maximum Gasteiger partial charge on any atom is 0.314 e. The van der Waals surface area contributed by atoms with E-state index in [9.17, 15) is 4.79 Å². The lowest BCUT2D eigenvalue weighted by Crippen LogP contribution is -2.24. The summed E-state index contributed by atoms with van der Waals surface area (Å²) >= 11 is 0. The topological polar surface area (TPSA) is 63.2 Å². The first-order chi connectivity index (χ1) is 16.1. The van der Waals surface area contributed by atoms with Crippen LogP contribution in [-0.2, 0) is 9.53 Å². The van der Waals surface area contributed by atoms with Crippen LogP contribution in [0, 0.1) is 0 Å². The van der Waals surface area contributed by atoms with Gasteiger partial charge in [0.05, 0.1) is 41.0 Å². The van der Waals surface area contributed by atoms with Gasteiger partial charge in [-0.25, -0.2) is 0 Å². The number of rotatable bonds is 10. The summed E-state index contributed by atoms with van der Waals surface area (Å²) in [6.45, 7) is 2.08. The molecular weight excluding hydrogens is 420 g/mol. The van der Waals surface area contributed by atoms with Crippen molar-refractivity contribution in [3.63, 3.8) is 0 Å². The number of carbonyl (C=O) groups excluding carboxylic acids is 1. The second-order valence-electron chi connectivity index (χ2n) is 7.37. The molecule has 6 heteroatoms. The van der Waals surface area contributed by atoms with Gasteiger partial charge in [0.15, 0.2) is 11.5 Å². The molecule has 0 aliphatic rings. The lowest BCUT2D eigenvalue weighted by Gasteiger charge is -2.28. The largest absolute Gasteiger partial charge is 0.497 e. The molecule has 3 rings (SSSR count). The van der Waals surface area contributed by atoms with Gasteiger partial charge in [-0.05, 0) is 60.0 Å². The van der Waals surface area contributed by atoms with Gasteiger partial charge in [-0.1, -0.05) is 30.3 Å². The fourth-order valence-corrected chi connectivity index (χ4v) is 3.94. The van der Waals surface area contributed by atoms with Crippen molar-refractivity contribution in [2.24, 2.45) is 0 Å². The Morgan fingerprint density at radius 2 is 1.15 bits per heavy atom. The predicted octanol–water partition coefficient (Wildman–Crippen LogP) is 5.20. The number of ether oxygens (including phenoxy) is 5. The molecule has 1 atom stereocenters. The summed E-state index contributed by atoms with van der Waals surface area (Å²) in [5.74, 6) is 1.37. The van der Waals surface area contributed by atoms with Gasteiger partial charge in [-0.15, -0.1) is 0 Å². The van der Waals surface area contributed by atoms with Gasteiger partial charge in [-0.3, -0.25) is 4.79 Å². The van der Waals surface area contributed by atoms with Gasteiger partial charge in [0, 0.05) is 5.92 Å². The minimum Gasteiger partial charge on any atom is -0.497 e. The maximum atomic E-state index is 13.4. The molecule has 33 heavy (non-hydrogen) atoms. The lowest BCUT2D eigenvalue weighted by atomic mass is 9.77. The number of carbonyl (C=O) groups is 1. The Kier molecular flexibility index (Phi) is 8.19. The lowest BCUT2D eigenvalue weighted by molar-refractivity contribution is -0.145. The second kappa shape index (κ2) is 11.3. The zero-order valence-corrected chi connectivity index (χ0v) is 19.7. The Bertz CT molecular complexity index is 996. The molecule has 0 N–H and O–H groups in total. The smallest absolute Gasteiger partial charge is 0.314 e. The van der Waals surface area contributed by atoms with Crippen LogP contribution >= 0.6 is 0 Å². The number of esters is 1. The molecular formula is C27H30O6. The summed E-state index contributed by atoms with van der Waals surface area (Å²) in [4.78, 5) is 13.4. The van der Waals surface area contributed by atoms with E-state index in [1.807, 2.05) is 60.7 Å². The van der Waals surface area contributed by atoms with Gasteiger partial charge in [0.25, 0.3) is 0 Å². The van der Waals surface area contributed by atoms with Crippen molar-refractivity contribution >= 4 is 5.97 Å². The van der Waals surface area contributed by atoms with Crippen LogP contribution in [0.1, 0.15) is 35.4 Å². The molecule has 0 aliphatic carbocycles. The van der Waals surface area contributed by atoms with Crippen molar-refractivity contribution < 1.29 is 28.5 Å². The monoisotopic (exact) mass is 450 g/mol. The summed E-state index contributed by atoms with van der Waals surface area (Å²) in [5.41, 5.74) is 2.67. The SMILES string of the molecule is CCOC(=O)C(c1ccc(OC)c(OC)c1)C(c1ccc(OC)cc1)c1ccc(OC)cc1. The molecule has 0 aliphatic heterocycles. The minimum atomic E-state index is -0.619. The Balaban J connectivity index is 2.20. The quantitative estimate of drug-likeness (QED) is 0.396. The third kappa shape index (κ3) is 5.40. The normalized spacial score (nSPS) is 11.6. The van der Waals surface area contributed by atoms with Crippen LogP contribution in [0.5, 0.6) is 23.0 Å². The van der Waals surface area contributed by atoms with E-state index >= 15 is 0 Å². The highest BCUT2D eigenvalue weighted by Gasteiger charge is 2.34. The molecule has 0 heterocycles. The molecule has 0 spiro atoms. The average molecular weight is 451 g/mol. The summed E-state index contributed by atoms with van der Waals surface area (Å²) in [5, 5.41) is 0. The Morgan fingerprint density at radius 3 is 1.58 bits per heavy atom. The van der Waals surface area contributed by atoms with Crippen LogP contribution in [0.2, 0.25) is 0 Å². The van der Waals surface area contributed by atoms with E-state index in [4.69, 9.17) is 23.7 Å². The molecule has 1 unspecified atom stereocenters. The van der Waals surface area contributed by atoms with Crippen molar-refractivity contribution in [1.82, 2.24) is 0 Å². The van der Waals surface area contributed by atoms with Gasteiger partial charge in [0.2, 0.25) is 0 Å². The van der Waals surface area contributed by atoms with Gasteiger partial charge in [0.1, 0.15) is 11.5 Å². The van der Waals surface area contributed by atoms with E-state index in [0.717, 1.165) is 28.2 Å². The van der Waals surface area contributed by atoms with Crippen LogP contribution in [0.3, 0.4) is 0 Å². The highest BCUT2D eigenvalue weighted by Crippen LogP contribution is 2.42. The summed E-state index contributed by atoms with van der Waals surface area (Å²) in [6, 6.07) is 21.0. The summed E-state index contributed by atoms with van der Waals surface area (Å²) < 4.78 is 27.1. The van der Waals surface area contributed by atoms with E-state index in [1.54, 1.807) is 41.4 Å². The molecule has 3 aromatic carbocycles. The Hall–Kier alpha value is -3.67. The maximum absolute atomic E-state index is 13.4. The highest BCUT2D eigenvalue weighted by atomic mass is 16.5. The van der Waals surface area contributed by atoms with E-state index in [0.29, 0.717) is 11.5 Å². The van der Waals surface area contributed by atoms with Crippen LogP contribution < -0.4 is 18.9 Å². The number of methoxy groups -OCH3 is 4. The Labute approximate surface area is 195 Å². The van der Waals surface area contributed by atoms with Crippen molar-refractivity contribution in [3.05, 3.63) is 83.4 Å². The first-order valence-electron chi connectivity index (χ1n) is 10.7. The molecule has 3 aromatic rings. The zero-order valence-electron chi connectivity index (χ0n) is 19.7. The van der Waals surface area contributed by atoms with E-state index < -0.39 is 5.92 Å². The van der Waals surface area contributed by atoms with Crippen molar-refractivity contribution in [3.8, 4) is 23.0 Å².